The van der Waals surface area contributed by atoms with Crippen LogP contribution < -0.4 is 4.90 Å². The van der Waals surface area contributed by atoms with Crippen LogP contribution in [0.15, 0.2) is 54.9 Å². The van der Waals surface area contributed by atoms with Gasteiger partial charge in [0.1, 0.15) is 0 Å². The molecule has 0 radical (unpaired) electrons. The zero-order valence-electron chi connectivity index (χ0n) is 13.8. The maximum absolute atomic E-state index is 12.8. The van der Waals surface area contributed by atoms with Gasteiger partial charge in [-0.1, -0.05) is 12.1 Å². The van der Waals surface area contributed by atoms with Crippen molar-refractivity contribution in [2.75, 3.05) is 18.1 Å². The molecule has 1 fully saturated rings. The number of ether oxygens (including phenoxy) is 1. The monoisotopic (exact) mass is 333 g/mol. The Hall–Kier alpha value is -2.97. The van der Waals surface area contributed by atoms with Crippen LogP contribution in [0.5, 0.6) is 0 Å². The normalized spacial score (nSPS) is 16.7. The summed E-state index contributed by atoms with van der Waals surface area (Å²) >= 11 is 0. The standard InChI is InChI=1S/C20H19N3O2/c21-14-17-4-1-3-16(13-17)6-7-20(24)23(15-19-5-2-12-25-19)18-8-10-22-11-9-18/h1,3-4,6-11,13,19H,2,5,12,15H2/b7-6+. The van der Waals surface area contributed by atoms with Crippen LogP contribution in [0.2, 0.25) is 0 Å². The Balaban J connectivity index is 1.78. The Morgan fingerprint density at radius 3 is 2.92 bits per heavy atom. The third kappa shape index (κ3) is 4.52. The number of nitriles is 1. The Kier molecular flexibility index (Phi) is 5.55. The van der Waals surface area contributed by atoms with Gasteiger partial charge in [-0.2, -0.15) is 5.26 Å². The molecule has 5 heteroatoms. The van der Waals surface area contributed by atoms with E-state index in [9.17, 15) is 4.79 Å². The highest BCUT2D eigenvalue weighted by Gasteiger charge is 2.22. The number of carbonyl (C=O) groups is 1. The quantitative estimate of drug-likeness (QED) is 0.788. The smallest absolute Gasteiger partial charge is 0.251 e. The number of benzene rings is 1. The van der Waals surface area contributed by atoms with Crippen LogP contribution in [0.4, 0.5) is 5.69 Å². The maximum Gasteiger partial charge on any atom is 0.251 e. The highest BCUT2D eigenvalue weighted by atomic mass is 16.5. The fourth-order valence-corrected chi connectivity index (χ4v) is 2.81. The topological polar surface area (TPSA) is 66.2 Å². The van der Waals surface area contributed by atoms with Crippen LogP contribution in [0, 0.1) is 11.3 Å². The summed E-state index contributed by atoms with van der Waals surface area (Å²) in [5.41, 5.74) is 2.19. The predicted octanol–water partition coefficient (Wildman–Crippen LogP) is 3.18. The van der Waals surface area contributed by atoms with Crippen molar-refractivity contribution in [1.82, 2.24) is 4.98 Å². The van der Waals surface area contributed by atoms with Crippen LogP contribution in [0.3, 0.4) is 0 Å². The fourth-order valence-electron chi connectivity index (χ4n) is 2.81. The van der Waals surface area contributed by atoms with Crippen molar-refractivity contribution in [3.05, 3.63) is 66.0 Å². The van der Waals surface area contributed by atoms with Gasteiger partial charge in [0.2, 0.25) is 0 Å². The van der Waals surface area contributed by atoms with Gasteiger partial charge in [-0.05, 0) is 48.7 Å². The highest BCUT2D eigenvalue weighted by molar-refractivity contribution is 6.03. The molecule has 1 aliphatic rings. The van der Waals surface area contributed by atoms with Crippen LogP contribution in [-0.4, -0.2) is 30.1 Å². The van der Waals surface area contributed by atoms with E-state index in [2.05, 4.69) is 11.1 Å². The van der Waals surface area contributed by atoms with Gasteiger partial charge in [-0.15, -0.1) is 0 Å². The molecule has 0 aliphatic carbocycles. The van der Waals surface area contributed by atoms with E-state index in [1.165, 1.54) is 6.08 Å². The highest BCUT2D eigenvalue weighted by Crippen LogP contribution is 2.19. The Labute approximate surface area is 147 Å². The molecule has 3 rings (SSSR count). The van der Waals surface area contributed by atoms with Gasteiger partial charge in [-0.25, -0.2) is 0 Å². The first-order chi connectivity index (χ1) is 12.3. The second kappa shape index (κ2) is 8.22. The van der Waals surface area contributed by atoms with Gasteiger partial charge in [0.25, 0.3) is 5.91 Å². The Morgan fingerprint density at radius 1 is 1.36 bits per heavy atom. The lowest BCUT2D eigenvalue weighted by molar-refractivity contribution is -0.114. The summed E-state index contributed by atoms with van der Waals surface area (Å²) in [5.74, 6) is -0.121. The van der Waals surface area contributed by atoms with Crippen molar-refractivity contribution in [2.45, 2.75) is 18.9 Å². The van der Waals surface area contributed by atoms with Crippen molar-refractivity contribution in [2.24, 2.45) is 0 Å². The van der Waals surface area contributed by atoms with Crippen LogP contribution in [-0.2, 0) is 9.53 Å². The first-order valence-corrected chi connectivity index (χ1v) is 8.27. The summed E-state index contributed by atoms with van der Waals surface area (Å²) in [4.78, 5) is 18.5. The molecule has 1 amide bonds. The van der Waals surface area contributed by atoms with Crippen molar-refractivity contribution in [3.63, 3.8) is 0 Å². The Bertz CT molecular complexity index is 790. The first kappa shape index (κ1) is 16.9. The van der Waals surface area contributed by atoms with Crippen LogP contribution in [0.25, 0.3) is 6.08 Å². The van der Waals surface area contributed by atoms with E-state index < -0.39 is 0 Å². The number of pyridine rings is 1. The van der Waals surface area contributed by atoms with Gasteiger partial charge in [-0.3, -0.25) is 9.78 Å². The third-order valence-electron chi connectivity index (χ3n) is 4.08. The zero-order chi connectivity index (χ0) is 17.5. The molecule has 1 saturated heterocycles. The van der Waals surface area contributed by atoms with Crippen molar-refractivity contribution in [1.29, 1.82) is 5.26 Å². The molecule has 1 unspecified atom stereocenters. The first-order valence-electron chi connectivity index (χ1n) is 8.27. The Morgan fingerprint density at radius 2 is 2.20 bits per heavy atom. The maximum atomic E-state index is 12.8. The van der Waals surface area contributed by atoms with Crippen molar-refractivity contribution < 1.29 is 9.53 Å². The summed E-state index contributed by atoms with van der Waals surface area (Å²) in [7, 11) is 0. The molecule has 1 atom stereocenters. The lowest BCUT2D eigenvalue weighted by Gasteiger charge is -2.24. The number of aromatic nitrogens is 1. The van der Waals surface area contributed by atoms with E-state index >= 15 is 0 Å². The minimum atomic E-state index is -0.121. The predicted molar refractivity (Wildman–Crippen MR) is 95.8 cm³/mol. The number of anilines is 1. The summed E-state index contributed by atoms with van der Waals surface area (Å²) < 4.78 is 5.68. The van der Waals surface area contributed by atoms with Gasteiger partial charge in [0.15, 0.2) is 0 Å². The molecule has 0 saturated carbocycles. The largest absolute Gasteiger partial charge is 0.376 e. The molecule has 1 aliphatic heterocycles. The summed E-state index contributed by atoms with van der Waals surface area (Å²) in [6.07, 6.45) is 8.66. The summed E-state index contributed by atoms with van der Waals surface area (Å²) in [6, 6.07) is 12.9. The summed E-state index contributed by atoms with van der Waals surface area (Å²) in [5, 5.41) is 8.97. The number of carbonyl (C=O) groups excluding carboxylic acids is 1. The molecule has 0 N–H and O–H groups in total. The van der Waals surface area contributed by atoms with Gasteiger partial charge in [0, 0.05) is 30.8 Å². The fraction of sp³-hybridized carbons (Fsp3) is 0.250. The second-order valence-electron chi connectivity index (χ2n) is 5.86. The molecule has 1 aromatic carbocycles. The van der Waals surface area contributed by atoms with E-state index in [0.717, 1.165) is 30.7 Å². The number of rotatable bonds is 5. The van der Waals surface area contributed by atoms with E-state index in [1.807, 2.05) is 18.2 Å². The molecular weight excluding hydrogens is 314 g/mol. The van der Waals surface area contributed by atoms with Crippen LogP contribution >= 0.6 is 0 Å². The average Bonchev–Trinajstić information content (AvgIpc) is 3.18. The SMILES string of the molecule is N#Cc1cccc(/C=C/C(=O)N(CC2CCCO2)c2ccncc2)c1. The van der Waals surface area contributed by atoms with E-state index in [-0.39, 0.29) is 12.0 Å². The molecule has 1 aromatic heterocycles. The van der Waals surface area contributed by atoms with Crippen molar-refractivity contribution in [3.8, 4) is 6.07 Å². The average molecular weight is 333 g/mol. The third-order valence-corrected chi connectivity index (χ3v) is 4.08. The minimum Gasteiger partial charge on any atom is -0.376 e. The lowest BCUT2D eigenvalue weighted by Crippen LogP contribution is -2.36. The zero-order valence-corrected chi connectivity index (χ0v) is 13.8. The van der Waals surface area contributed by atoms with Gasteiger partial charge < -0.3 is 9.64 Å². The molecule has 0 bridgehead atoms. The second-order valence-corrected chi connectivity index (χ2v) is 5.86. The number of amides is 1. The molecule has 2 heterocycles. The van der Waals surface area contributed by atoms with E-state index in [4.69, 9.17) is 10.00 Å². The summed E-state index contributed by atoms with van der Waals surface area (Å²) in [6.45, 7) is 1.27. The molecule has 0 spiro atoms. The molecule has 5 nitrogen and oxygen atoms in total. The number of hydrogen-bond acceptors (Lipinski definition) is 4. The molecule has 25 heavy (non-hydrogen) atoms. The molecular formula is C20H19N3O2. The number of nitrogens with zero attached hydrogens (tertiary/aromatic N) is 3. The minimum absolute atomic E-state index is 0.0624. The number of hydrogen-bond donors (Lipinski definition) is 0. The van der Waals surface area contributed by atoms with E-state index in [0.29, 0.717) is 12.1 Å². The molecule has 126 valence electrons. The molecule has 2 aromatic rings. The van der Waals surface area contributed by atoms with Crippen LogP contribution in [0.1, 0.15) is 24.0 Å². The van der Waals surface area contributed by atoms with Gasteiger partial charge in [0.05, 0.1) is 24.3 Å². The lowest BCUT2D eigenvalue weighted by atomic mass is 10.1. The van der Waals surface area contributed by atoms with E-state index in [1.54, 1.807) is 41.6 Å². The van der Waals surface area contributed by atoms with Crippen molar-refractivity contribution >= 4 is 17.7 Å². The van der Waals surface area contributed by atoms with Gasteiger partial charge >= 0.3 is 0 Å².